The molecule has 2 aliphatic rings. The van der Waals surface area contributed by atoms with E-state index in [2.05, 4.69) is 26.7 Å². The first-order chi connectivity index (χ1) is 17.6. The number of piperidine rings is 1. The quantitative estimate of drug-likeness (QED) is 0.584. The Morgan fingerprint density at radius 1 is 1.24 bits per heavy atom. The summed E-state index contributed by atoms with van der Waals surface area (Å²) in [5.74, 6) is 0.320. The van der Waals surface area contributed by atoms with Crippen molar-refractivity contribution in [2.75, 3.05) is 35.2 Å². The summed E-state index contributed by atoms with van der Waals surface area (Å²) in [5, 5.41) is 16.3. The standard InChI is InChI=1S/C27H33N7O3/c1-6-34-21-10-8-7-9-20(21)30-23(34)19(15-28)22-17(2)16-29-25(31-22)32-24(35)18-11-13-33(14-12-18)26(36)37-27(3,4)5/h7-10,16,18,30H,6,11-14H2,1-5H3,(H,29,31,32,35)/b23-19+. The molecule has 1 saturated heterocycles. The van der Waals surface area contributed by atoms with Crippen molar-refractivity contribution in [2.45, 2.75) is 53.1 Å². The van der Waals surface area contributed by atoms with Crippen LogP contribution in [-0.4, -0.2) is 52.1 Å². The number of amides is 2. The molecule has 194 valence electrons. The van der Waals surface area contributed by atoms with Gasteiger partial charge in [-0.1, -0.05) is 12.1 Å². The molecule has 0 radical (unpaired) electrons. The maximum absolute atomic E-state index is 13.0. The molecule has 0 bridgehead atoms. The van der Waals surface area contributed by atoms with Gasteiger partial charge in [-0.25, -0.2) is 14.8 Å². The van der Waals surface area contributed by atoms with Crippen LogP contribution in [0.3, 0.4) is 0 Å². The summed E-state index contributed by atoms with van der Waals surface area (Å²) < 4.78 is 5.43. The number of anilines is 3. The summed E-state index contributed by atoms with van der Waals surface area (Å²) in [6.45, 7) is 10.9. The third-order valence-corrected chi connectivity index (χ3v) is 6.34. The highest BCUT2D eigenvalue weighted by Gasteiger charge is 2.31. The molecule has 3 heterocycles. The largest absolute Gasteiger partial charge is 0.444 e. The molecule has 10 nitrogen and oxygen atoms in total. The number of nitrogens with zero attached hydrogens (tertiary/aromatic N) is 5. The maximum Gasteiger partial charge on any atom is 0.410 e. The first kappa shape index (κ1) is 25.9. The van der Waals surface area contributed by atoms with Crippen LogP contribution in [-0.2, 0) is 9.53 Å². The van der Waals surface area contributed by atoms with E-state index in [-0.39, 0.29) is 23.9 Å². The fourth-order valence-corrected chi connectivity index (χ4v) is 4.49. The number of carbonyl (C=O) groups excluding carboxylic acids is 2. The van der Waals surface area contributed by atoms with Crippen molar-refractivity contribution >= 4 is 34.9 Å². The van der Waals surface area contributed by atoms with Crippen LogP contribution in [0.15, 0.2) is 36.3 Å². The van der Waals surface area contributed by atoms with Crippen LogP contribution >= 0.6 is 0 Å². The number of hydrogen-bond acceptors (Lipinski definition) is 8. The summed E-state index contributed by atoms with van der Waals surface area (Å²) in [4.78, 5) is 37.8. The van der Waals surface area contributed by atoms with E-state index < -0.39 is 5.60 Å². The van der Waals surface area contributed by atoms with E-state index in [9.17, 15) is 14.9 Å². The smallest absolute Gasteiger partial charge is 0.410 e. The van der Waals surface area contributed by atoms with E-state index in [0.29, 0.717) is 49.6 Å². The highest BCUT2D eigenvalue weighted by molar-refractivity contribution is 5.93. The average molecular weight is 504 g/mol. The normalized spacial score (nSPS) is 17.0. The molecule has 2 aromatic rings. The van der Waals surface area contributed by atoms with Crippen LogP contribution in [0.25, 0.3) is 5.57 Å². The molecular weight excluding hydrogens is 470 g/mol. The van der Waals surface area contributed by atoms with Gasteiger partial charge in [-0.15, -0.1) is 0 Å². The Hall–Kier alpha value is -4.13. The van der Waals surface area contributed by atoms with Gasteiger partial charge in [0.2, 0.25) is 11.9 Å². The second-order valence-corrected chi connectivity index (χ2v) is 10.2. The van der Waals surface area contributed by atoms with Gasteiger partial charge in [0.25, 0.3) is 0 Å². The second kappa shape index (κ2) is 10.5. The van der Waals surface area contributed by atoms with Gasteiger partial charge in [0.15, 0.2) is 0 Å². The van der Waals surface area contributed by atoms with Crippen LogP contribution in [0.4, 0.5) is 22.1 Å². The van der Waals surface area contributed by atoms with Gasteiger partial charge in [-0.3, -0.25) is 10.1 Å². The predicted octanol–water partition coefficient (Wildman–Crippen LogP) is 4.51. The maximum atomic E-state index is 13.0. The Morgan fingerprint density at radius 3 is 2.59 bits per heavy atom. The Morgan fingerprint density at radius 2 is 1.95 bits per heavy atom. The van der Waals surface area contributed by atoms with E-state index in [0.717, 1.165) is 16.9 Å². The molecule has 2 aliphatic heterocycles. The van der Waals surface area contributed by atoms with Crippen LogP contribution in [0.1, 0.15) is 51.8 Å². The number of allylic oxidation sites excluding steroid dienone is 1. The van der Waals surface area contributed by atoms with Gasteiger partial charge in [-0.2, -0.15) is 5.26 Å². The number of para-hydroxylation sites is 2. The van der Waals surface area contributed by atoms with Gasteiger partial charge in [-0.05, 0) is 65.2 Å². The molecule has 1 aromatic carbocycles. The van der Waals surface area contributed by atoms with E-state index in [1.54, 1.807) is 11.1 Å². The van der Waals surface area contributed by atoms with Gasteiger partial charge in [0, 0.05) is 31.7 Å². The molecule has 0 unspecified atom stereocenters. The molecule has 0 aliphatic carbocycles. The Bertz CT molecular complexity index is 1270. The van der Waals surface area contributed by atoms with E-state index >= 15 is 0 Å². The third-order valence-electron chi connectivity index (χ3n) is 6.34. The zero-order valence-electron chi connectivity index (χ0n) is 22.0. The molecule has 0 atom stereocenters. The molecule has 1 fully saturated rings. The summed E-state index contributed by atoms with van der Waals surface area (Å²) in [6, 6.07) is 10.2. The minimum Gasteiger partial charge on any atom is -0.444 e. The molecule has 0 spiro atoms. The fraction of sp³-hybridized carbons (Fsp3) is 0.444. The van der Waals surface area contributed by atoms with Crippen LogP contribution in [0.2, 0.25) is 0 Å². The third kappa shape index (κ3) is 5.66. The number of fused-ring (bicyclic) bond motifs is 1. The molecule has 37 heavy (non-hydrogen) atoms. The van der Waals surface area contributed by atoms with Crippen LogP contribution < -0.4 is 15.5 Å². The van der Waals surface area contributed by atoms with Crippen LogP contribution in [0.5, 0.6) is 0 Å². The second-order valence-electron chi connectivity index (χ2n) is 10.2. The number of hydrogen-bond donors (Lipinski definition) is 2. The average Bonchev–Trinajstić information content (AvgIpc) is 3.23. The number of aromatic nitrogens is 2. The molecule has 1 aromatic heterocycles. The lowest BCUT2D eigenvalue weighted by Crippen LogP contribution is -2.43. The van der Waals surface area contributed by atoms with Crippen molar-refractivity contribution in [3.63, 3.8) is 0 Å². The zero-order valence-corrected chi connectivity index (χ0v) is 22.0. The van der Waals surface area contributed by atoms with E-state index in [1.807, 2.05) is 63.8 Å². The fourth-order valence-electron chi connectivity index (χ4n) is 4.49. The first-order valence-electron chi connectivity index (χ1n) is 12.5. The van der Waals surface area contributed by atoms with Crippen molar-refractivity contribution < 1.29 is 14.3 Å². The SMILES string of the molecule is CCN1/C(=C(\C#N)c2nc(NC(=O)C3CCN(C(=O)OC(C)(C)C)CC3)ncc2C)Nc2ccccc21. The number of nitriles is 1. The van der Waals surface area contributed by atoms with Crippen molar-refractivity contribution in [3.8, 4) is 6.07 Å². The first-order valence-corrected chi connectivity index (χ1v) is 12.5. The molecule has 2 N–H and O–H groups in total. The predicted molar refractivity (Wildman–Crippen MR) is 142 cm³/mol. The lowest BCUT2D eigenvalue weighted by Gasteiger charge is -2.32. The summed E-state index contributed by atoms with van der Waals surface area (Å²) in [6.07, 6.45) is 2.29. The number of ether oxygens (including phenoxy) is 1. The van der Waals surface area contributed by atoms with Crippen molar-refractivity contribution in [3.05, 3.63) is 47.5 Å². The highest BCUT2D eigenvalue weighted by atomic mass is 16.6. The number of aryl methyl sites for hydroxylation is 1. The number of rotatable bonds is 4. The van der Waals surface area contributed by atoms with Gasteiger partial charge in [0.1, 0.15) is 23.1 Å². The molecule has 2 amide bonds. The number of carbonyl (C=O) groups is 2. The number of nitrogens with one attached hydrogen (secondary N) is 2. The zero-order chi connectivity index (χ0) is 26.7. The summed E-state index contributed by atoms with van der Waals surface area (Å²) >= 11 is 0. The minimum atomic E-state index is -0.561. The lowest BCUT2D eigenvalue weighted by atomic mass is 9.96. The molecule has 4 rings (SSSR count). The highest BCUT2D eigenvalue weighted by Crippen LogP contribution is 2.38. The molecule has 0 saturated carbocycles. The van der Waals surface area contributed by atoms with Gasteiger partial charge in [0.05, 0.1) is 17.1 Å². The molecular formula is C27H33N7O3. The molecule has 10 heteroatoms. The topological polar surface area (TPSA) is 123 Å². The Balaban J connectivity index is 1.49. The summed E-state index contributed by atoms with van der Waals surface area (Å²) in [5.41, 5.74) is 2.91. The van der Waals surface area contributed by atoms with Gasteiger partial charge >= 0.3 is 6.09 Å². The van der Waals surface area contributed by atoms with Gasteiger partial charge < -0.3 is 19.9 Å². The lowest BCUT2D eigenvalue weighted by molar-refractivity contribution is -0.121. The Labute approximate surface area is 217 Å². The monoisotopic (exact) mass is 503 g/mol. The van der Waals surface area contributed by atoms with Crippen LogP contribution in [0, 0.1) is 24.2 Å². The van der Waals surface area contributed by atoms with Crippen molar-refractivity contribution in [2.24, 2.45) is 5.92 Å². The van der Waals surface area contributed by atoms with Crippen molar-refractivity contribution in [1.82, 2.24) is 14.9 Å². The number of likely N-dealkylation sites (tertiary alicyclic amines) is 1. The van der Waals surface area contributed by atoms with Crippen molar-refractivity contribution in [1.29, 1.82) is 5.26 Å². The van der Waals surface area contributed by atoms with E-state index in [4.69, 9.17) is 4.74 Å². The Kier molecular flexibility index (Phi) is 7.34. The number of benzene rings is 1. The van der Waals surface area contributed by atoms with E-state index in [1.165, 1.54) is 0 Å². The minimum absolute atomic E-state index is 0.145. The summed E-state index contributed by atoms with van der Waals surface area (Å²) in [7, 11) is 0.